The van der Waals surface area contributed by atoms with E-state index in [9.17, 15) is 9.59 Å². The molecule has 0 aliphatic heterocycles. The number of rotatable bonds is 5. The zero-order chi connectivity index (χ0) is 18.5. The van der Waals surface area contributed by atoms with E-state index in [0.717, 1.165) is 10.2 Å². The molecule has 0 spiro atoms. The number of thiophene rings is 1. The summed E-state index contributed by atoms with van der Waals surface area (Å²) in [4.78, 5) is 23.8. The molecular weight excluding hydrogens is 416 g/mol. The van der Waals surface area contributed by atoms with Gasteiger partial charge in [-0.15, -0.1) is 11.3 Å². The zero-order valence-corrected chi connectivity index (χ0v) is 16.2. The molecule has 3 rings (SSSR count). The molecule has 5 nitrogen and oxygen atoms in total. The van der Waals surface area contributed by atoms with Crippen LogP contribution in [0, 0.1) is 0 Å². The number of ether oxygens (including phenoxy) is 1. The Morgan fingerprint density at radius 1 is 0.885 bits per heavy atom. The number of hydrogen-bond acceptors (Lipinski definition) is 4. The van der Waals surface area contributed by atoms with E-state index in [2.05, 4.69) is 26.6 Å². The summed E-state index contributed by atoms with van der Waals surface area (Å²) in [6.07, 6.45) is 0. The summed E-state index contributed by atoms with van der Waals surface area (Å²) in [5.74, 6) is 1.01. The van der Waals surface area contributed by atoms with Crippen LogP contribution in [0.4, 0.5) is 10.7 Å². The minimum atomic E-state index is -0.229. The van der Waals surface area contributed by atoms with E-state index in [-0.39, 0.29) is 11.8 Å². The van der Waals surface area contributed by atoms with E-state index >= 15 is 0 Å². The maximum Gasteiger partial charge on any atom is 0.265 e. The second-order valence-corrected chi connectivity index (χ2v) is 7.38. The van der Waals surface area contributed by atoms with E-state index in [1.165, 1.54) is 18.3 Å². The van der Waals surface area contributed by atoms with Gasteiger partial charge in [-0.3, -0.25) is 9.59 Å². The Morgan fingerprint density at radius 2 is 1.50 bits per heavy atom. The lowest BCUT2D eigenvalue weighted by Crippen LogP contribution is -2.09. The average Bonchev–Trinajstić information content (AvgIpc) is 3.06. The predicted molar refractivity (Wildman–Crippen MR) is 107 cm³/mol. The predicted octanol–water partition coefficient (Wildman–Crippen LogP) is 5.51. The van der Waals surface area contributed by atoms with E-state index in [1.807, 2.05) is 24.3 Å². The second kappa shape index (κ2) is 8.16. The van der Waals surface area contributed by atoms with Gasteiger partial charge in [-0.05, 0) is 60.7 Å². The number of halogens is 1. The van der Waals surface area contributed by atoms with Crippen LogP contribution >= 0.6 is 27.3 Å². The summed E-state index contributed by atoms with van der Waals surface area (Å²) in [5, 5.41) is 6.12. The third-order valence-corrected chi connectivity index (χ3v) is 4.82. The van der Waals surface area contributed by atoms with Crippen molar-refractivity contribution in [3.05, 3.63) is 70.0 Å². The van der Waals surface area contributed by atoms with Gasteiger partial charge in [-0.1, -0.05) is 15.9 Å². The number of hydrogen-bond donors (Lipinski definition) is 2. The fraction of sp³-hybridized carbons (Fsp3) is 0.0526. The number of carbonyl (C=O) groups excluding carboxylic acids is 2. The first kappa shape index (κ1) is 18.2. The van der Waals surface area contributed by atoms with Gasteiger partial charge in [0.2, 0.25) is 5.91 Å². The SMILES string of the molecule is CC(=O)Nc1ccc(C(=O)Nc2ccc(Oc3ccc(Br)cc3)cc2)s1. The number of carbonyl (C=O) groups is 2. The Bertz CT molecular complexity index is 921. The molecule has 2 aromatic carbocycles. The van der Waals surface area contributed by atoms with Gasteiger partial charge in [0.05, 0.1) is 9.88 Å². The van der Waals surface area contributed by atoms with Gasteiger partial charge in [0.1, 0.15) is 11.5 Å². The smallest absolute Gasteiger partial charge is 0.265 e. The molecule has 3 aromatic rings. The van der Waals surface area contributed by atoms with Crippen LogP contribution in [0.15, 0.2) is 65.1 Å². The number of nitrogens with one attached hydrogen (secondary N) is 2. The summed E-state index contributed by atoms with van der Waals surface area (Å²) in [7, 11) is 0. The van der Waals surface area contributed by atoms with Crippen molar-refractivity contribution in [3.8, 4) is 11.5 Å². The summed E-state index contributed by atoms with van der Waals surface area (Å²) >= 11 is 4.60. The van der Waals surface area contributed by atoms with Crippen molar-refractivity contribution in [2.45, 2.75) is 6.92 Å². The van der Waals surface area contributed by atoms with Gasteiger partial charge in [0.15, 0.2) is 0 Å². The average molecular weight is 431 g/mol. The molecule has 0 radical (unpaired) electrons. The van der Waals surface area contributed by atoms with Crippen LogP contribution in [0.1, 0.15) is 16.6 Å². The lowest BCUT2D eigenvalue weighted by atomic mass is 10.3. The number of amides is 2. The lowest BCUT2D eigenvalue weighted by molar-refractivity contribution is -0.114. The van der Waals surface area contributed by atoms with Crippen molar-refractivity contribution < 1.29 is 14.3 Å². The molecule has 0 bridgehead atoms. The normalized spacial score (nSPS) is 10.2. The Morgan fingerprint density at radius 3 is 2.12 bits per heavy atom. The first-order valence-electron chi connectivity index (χ1n) is 7.72. The minimum absolute atomic E-state index is 0.167. The summed E-state index contributed by atoms with van der Waals surface area (Å²) in [5.41, 5.74) is 0.660. The molecule has 132 valence electrons. The first-order chi connectivity index (χ1) is 12.5. The maximum absolute atomic E-state index is 12.3. The third kappa shape index (κ3) is 4.93. The fourth-order valence-electron chi connectivity index (χ4n) is 2.14. The minimum Gasteiger partial charge on any atom is -0.457 e. The van der Waals surface area contributed by atoms with Gasteiger partial charge in [-0.25, -0.2) is 0 Å². The molecule has 1 aromatic heterocycles. The molecule has 2 amide bonds. The lowest BCUT2D eigenvalue weighted by Gasteiger charge is -2.08. The van der Waals surface area contributed by atoms with Crippen LogP contribution in [0.3, 0.4) is 0 Å². The topological polar surface area (TPSA) is 67.4 Å². The Hall–Kier alpha value is -2.64. The standard InChI is InChI=1S/C19H15BrN2O3S/c1-12(23)21-18-11-10-17(26-18)19(24)22-14-4-8-16(9-5-14)25-15-6-2-13(20)3-7-15/h2-11H,1H3,(H,21,23)(H,22,24). The van der Waals surface area contributed by atoms with Gasteiger partial charge >= 0.3 is 0 Å². The summed E-state index contributed by atoms with van der Waals surface area (Å²) in [6.45, 7) is 1.43. The van der Waals surface area contributed by atoms with Crippen LogP contribution in [0.2, 0.25) is 0 Å². The van der Waals surface area contributed by atoms with Crippen LogP contribution in [0.25, 0.3) is 0 Å². The highest BCUT2D eigenvalue weighted by molar-refractivity contribution is 9.10. The molecule has 0 saturated heterocycles. The van der Waals surface area contributed by atoms with E-state index in [1.54, 1.807) is 36.4 Å². The van der Waals surface area contributed by atoms with Gasteiger partial charge in [0.25, 0.3) is 5.91 Å². The Labute approximate surface area is 163 Å². The molecule has 0 fully saturated rings. The van der Waals surface area contributed by atoms with Crippen molar-refractivity contribution in [3.63, 3.8) is 0 Å². The third-order valence-electron chi connectivity index (χ3n) is 3.29. The van der Waals surface area contributed by atoms with Crippen molar-refractivity contribution in [2.75, 3.05) is 10.6 Å². The molecule has 0 unspecified atom stereocenters. The van der Waals surface area contributed by atoms with Gasteiger partial charge in [-0.2, -0.15) is 0 Å². The number of benzene rings is 2. The molecule has 1 heterocycles. The number of anilines is 2. The van der Waals surface area contributed by atoms with Gasteiger partial charge in [0, 0.05) is 17.1 Å². The molecule has 2 N–H and O–H groups in total. The zero-order valence-electron chi connectivity index (χ0n) is 13.8. The molecule has 0 atom stereocenters. The molecule has 0 saturated carbocycles. The van der Waals surface area contributed by atoms with E-state index < -0.39 is 0 Å². The molecule has 7 heteroatoms. The second-order valence-electron chi connectivity index (χ2n) is 5.38. The van der Waals surface area contributed by atoms with Crippen LogP contribution < -0.4 is 15.4 Å². The van der Waals surface area contributed by atoms with Crippen molar-refractivity contribution in [1.29, 1.82) is 0 Å². The summed E-state index contributed by atoms with van der Waals surface area (Å²) < 4.78 is 6.73. The molecule has 0 aliphatic carbocycles. The van der Waals surface area contributed by atoms with E-state index in [4.69, 9.17) is 4.74 Å². The largest absolute Gasteiger partial charge is 0.457 e. The summed E-state index contributed by atoms with van der Waals surface area (Å²) in [6, 6.07) is 18.0. The first-order valence-corrected chi connectivity index (χ1v) is 9.33. The highest BCUT2D eigenvalue weighted by atomic mass is 79.9. The van der Waals surface area contributed by atoms with Crippen molar-refractivity contribution in [2.24, 2.45) is 0 Å². The Balaban J connectivity index is 1.61. The van der Waals surface area contributed by atoms with Crippen LogP contribution in [0.5, 0.6) is 11.5 Å². The molecule has 0 aliphatic rings. The van der Waals surface area contributed by atoms with Crippen molar-refractivity contribution >= 4 is 49.8 Å². The highest BCUT2D eigenvalue weighted by Crippen LogP contribution is 2.26. The van der Waals surface area contributed by atoms with Crippen LogP contribution in [-0.2, 0) is 4.79 Å². The maximum atomic E-state index is 12.3. The quantitative estimate of drug-likeness (QED) is 0.560. The van der Waals surface area contributed by atoms with Crippen molar-refractivity contribution in [1.82, 2.24) is 0 Å². The highest BCUT2D eigenvalue weighted by Gasteiger charge is 2.10. The molecule has 26 heavy (non-hydrogen) atoms. The fourth-order valence-corrected chi connectivity index (χ4v) is 3.25. The monoisotopic (exact) mass is 430 g/mol. The molecular formula is C19H15BrN2O3S. The Kier molecular flexibility index (Phi) is 5.70. The van der Waals surface area contributed by atoms with Gasteiger partial charge < -0.3 is 15.4 Å². The van der Waals surface area contributed by atoms with E-state index in [0.29, 0.717) is 21.3 Å². The van der Waals surface area contributed by atoms with Crippen LogP contribution in [-0.4, -0.2) is 11.8 Å².